The van der Waals surface area contributed by atoms with Gasteiger partial charge in [-0.25, -0.2) is 4.98 Å². The van der Waals surface area contributed by atoms with Gasteiger partial charge in [0, 0.05) is 71.3 Å². The molecule has 332 valence electrons. The van der Waals surface area contributed by atoms with E-state index in [0.717, 1.165) is 48.5 Å². The lowest BCUT2D eigenvalue weighted by Gasteiger charge is -2.39. The molecule has 12 nitrogen and oxygen atoms in total. The Labute approximate surface area is 364 Å². The molecule has 8 unspecified atom stereocenters. The summed E-state index contributed by atoms with van der Waals surface area (Å²) < 4.78 is 12.1. The van der Waals surface area contributed by atoms with Crippen LogP contribution in [0, 0.1) is 17.8 Å². The maximum Gasteiger partial charge on any atom is 0.236 e. The predicted molar refractivity (Wildman–Crippen MR) is 243 cm³/mol. The third-order valence-corrected chi connectivity index (χ3v) is 13.5. The number of aromatic nitrogens is 1. The van der Waals surface area contributed by atoms with Crippen molar-refractivity contribution < 1.29 is 23.9 Å². The number of amides is 3. The summed E-state index contributed by atoms with van der Waals surface area (Å²) in [6.07, 6.45) is 4.77. The Morgan fingerprint density at radius 1 is 0.983 bits per heavy atom. The van der Waals surface area contributed by atoms with Gasteiger partial charge in [0.25, 0.3) is 0 Å². The quantitative estimate of drug-likeness (QED) is 0.0902. The van der Waals surface area contributed by atoms with Gasteiger partial charge in [-0.1, -0.05) is 83.5 Å². The lowest BCUT2D eigenvalue weighted by molar-refractivity contribution is -0.145. The highest BCUT2D eigenvalue weighted by molar-refractivity contribution is 7.09. The van der Waals surface area contributed by atoms with E-state index >= 15 is 0 Å². The first-order valence-corrected chi connectivity index (χ1v) is 22.7. The first-order chi connectivity index (χ1) is 28.8. The van der Waals surface area contributed by atoms with Crippen molar-refractivity contribution in [3.8, 4) is 0 Å². The second kappa shape index (κ2) is 24.5. The zero-order valence-electron chi connectivity index (χ0n) is 37.9. The lowest BCUT2D eigenvalue weighted by atomic mass is 9.90. The Kier molecular flexibility index (Phi) is 19.9. The normalized spacial score (nSPS) is 17.8. The Hall–Kier alpha value is -3.88. The molecule has 0 radical (unpaired) electrons. The van der Waals surface area contributed by atoms with Crippen LogP contribution in [-0.2, 0) is 36.7 Å². The van der Waals surface area contributed by atoms with Gasteiger partial charge in [0.15, 0.2) is 0 Å². The molecule has 1 aromatic heterocycles. The van der Waals surface area contributed by atoms with Crippen LogP contribution in [0.25, 0.3) is 0 Å². The number of anilines is 1. The molecular weight excluding hydrogens is 775 g/mol. The molecule has 1 saturated heterocycles. The molecule has 1 aliphatic heterocycles. The van der Waals surface area contributed by atoms with E-state index in [9.17, 15) is 14.4 Å². The van der Waals surface area contributed by atoms with E-state index in [0.29, 0.717) is 25.4 Å². The number of likely N-dealkylation sites (N-methyl/N-ethyl adjacent to an activating group) is 2. The highest BCUT2D eigenvalue weighted by Crippen LogP contribution is 2.30. The van der Waals surface area contributed by atoms with Gasteiger partial charge in [0.1, 0.15) is 5.01 Å². The fourth-order valence-electron chi connectivity index (χ4n) is 8.75. The van der Waals surface area contributed by atoms with E-state index in [1.807, 2.05) is 49.5 Å². The van der Waals surface area contributed by atoms with E-state index < -0.39 is 18.1 Å². The van der Waals surface area contributed by atoms with Crippen molar-refractivity contribution in [2.75, 3.05) is 66.9 Å². The topological polar surface area (TPSA) is 128 Å². The number of methoxy groups -OCH3 is 2. The standard InChI is InChI=1S/C47H73N7O5S/c1-11-33(4)44(53(8)43(56)31-49-30-40(32(2)3)52(7)26-23-35-19-21-37(48-6)22-20-35)41(58-9)29-42(55)54-25-15-18-39(54)45(59-10)34(5)46(57)51-38(47-50-24-27-60-47)28-36-16-13-12-14-17-36/h12-14,16-17,19-22,24,27,32-34,38-41,44-45,48-49H,11,15,18,23,25-26,28-31H2,1-10H3,(H,51,57). The van der Waals surface area contributed by atoms with Crippen molar-refractivity contribution in [2.45, 2.75) is 110 Å². The number of hydrogen-bond donors (Lipinski definition) is 3. The van der Waals surface area contributed by atoms with E-state index in [2.05, 4.69) is 97.0 Å². The van der Waals surface area contributed by atoms with E-state index in [1.165, 1.54) is 16.9 Å². The van der Waals surface area contributed by atoms with Gasteiger partial charge in [0.05, 0.1) is 49.2 Å². The lowest BCUT2D eigenvalue weighted by Crippen LogP contribution is -2.54. The molecule has 4 rings (SSSR count). The molecule has 2 aromatic carbocycles. The smallest absolute Gasteiger partial charge is 0.236 e. The van der Waals surface area contributed by atoms with Gasteiger partial charge in [0.2, 0.25) is 17.7 Å². The number of nitrogens with one attached hydrogen (secondary N) is 3. The molecule has 1 fully saturated rings. The summed E-state index contributed by atoms with van der Waals surface area (Å²) in [7, 11) is 9.16. The summed E-state index contributed by atoms with van der Waals surface area (Å²) in [6, 6.07) is 18.0. The van der Waals surface area contributed by atoms with Crippen LogP contribution in [0.5, 0.6) is 0 Å². The van der Waals surface area contributed by atoms with Crippen molar-refractivity contribution in [3.05, 3.63) is 82.3 Å². The minimum Gasteiger partial charge on any atom is -0.388 e. The summed E-state index contributed by atoms with van der Waals surface area (Å²) in [5.41, 5.74) is 3.50. The summed E-state index contributed by atoms with van der Waals surface area (Å²) in [5.74, 6) is -0.286. The van der Waals surface area contributed by atoms with E-state index in [-0.39, 0.29) is 60.8 Å². The largest absolute Gasteiger partial charge is 0.388 e. The van der Waals surface area contributed by atoms with Crippen LogP contribution in [0.3, 0.4) is 0 Å². The molecule has 1 aliphatic rings. The SMILES string of the molecule is CCC(C)C(C(CC(=O)N1CCCC1C(OC)C(C)C(=O)NC(Cc1ccccc1)c1nccs1)OC)N(C)C(=O)CNCC(C(C)C)N(C)CCc1ccc(NC)cc1. The molecule has 0 bridgehead atoms. The Balaban J connectivity index is 1.37. The minimum absolute atomic E-state index is 0.0359. The second-order valence-electron chi connectivity index (χ2n) is 16.9. The van der Waals surface area contributed by atoms with Crippen LogP contribution in [-0.4, -0.2) is 129 Å². The number of carbonyl (C=O) groups excluding carboxylic acids is 3. The van der Waals surface area contributed by atoms with Crippen molar-refractivity contribution >= 4 is 34.7 Å². The highest BCUT2D eigenvalue weighted by Gasteiger charge is 2.42. The van der Waals surface area contributed by atoms with Crippen LogP contribution in [0.1, 0.15) is 82.5 Å². The average Bonchev–Trinajstić information content (AvgIpc) is 3.98. The maximum absolute atomic E-state index is 14.3. The minimum atomic E-state index is -0.528. The number of nitrogens with zero attached hydrogens (tertiary/aromatic N) is 4. The number of thiazole rings is 1. The number of likely N-dealkylation sites (tertiary alicyclic amines) is 1. The molecule has 8 atom stereocenters. The number of carbonyl (C=O) groups is 3. The molecule has 0 aliphatic carbocycles. The number of rotatable bonds is 25. The fraction of sp³-hybridized carbons (Fsp3) is 0.617. The highest BCUT2D eigenvalue weighted by atomic mass is 32.1. The third-order valence-electron chi connectivity index (χ3n) is 12.6. The fourth-order valence-corrected chi connectivity index (χ4v) is 9.44. The van der Waals surface area contributed by atoms with Gasteiger partial charge in [-0.05, 0) is 67.8 Å². The van der Waals surface area contributed by atoms with Gasteiger partial charge in [-0.3, -0.25) is 14.4 Å². The predicted octanol–water partition coefficient (Wildman–Crippen LogP) is 6.29. The van der Waals surface area contributed by atoms with Crippen molar-refractivity contribution in [3.63, 3.8) is 0 Å². The summed E-state index contributed by atoms with van der Waals surface area (Å²) >= 11 is 1.52. The maximum atomic E-state index is 14.3. The third kappa shape index (κ3) is 13.6. The summed E-state index contributed by atoms with van der Waals surface area (Å²) in [4.78, 5) is 52.6. The molecule has 3 aromatic rings. The number of hydrogen-bond acceptors (Lipinski definition) is 10. The van der Waals surface area contributed by atoms with Gasteiger partial charge >= 0.3 is 0 Å². The van der Waals surface area contributed by atoms with Crippen LogP contribution < -0.4 is 16.0 Å². The summed E-state index contributed by atoms with van der Waals surface area (Å²) in [5, 5.41) is 12.7. The van der Waals surface area contributed by atoms with Gasteiger partial charge in [-0.15, -0.1) is 11.3 Å². The molecular formula is C47H73N7O5S. The molecule has 60 heavy (non-hydrogen) atoms. The van der Waals surface area contributed by atoms with Crippen molar-refractivity contribution in [1.82, 2.24) is 30.3 Å². The first-order valence-electron chi connectivity index (χ1n) is 21.8. The van der Waals surface area contributed by atoms with Crippen LogP contribution in [0.4, 0.5) is 5.69 Å². The van der Waals surface area contributed by atoms with Gasteiger partial charge < -0.3 is 40.1 Å². The molecule has 3 amide bonds. The molecule has 2 heterocycles. The average molecular weight is 848 g/mol. The van der Waals surface area contributed by atoms with Crippen LogP contribution in [0.2, 0.25) is 0 Å². The van der Waals surface area contributed by atoms with Crippen molar-refractivity contribution in [1.29, 1.82) is 0 Å². The van der Waals surface area contributed by atoms with Crippen LogP contribution >= 0.6 is 11.3 Å². The number of benzene rings is 2. The monoisotopic (exact) mass is 848 g/mol. The Bertz CT molecular complexity index is 1710. The summed E-state index contributed by atoms with van der Waals surface area (Å²) in [6.45, 7) is 12.9. The van der Waals surface area contributed by atoms with E-state index in [4.69, 9.17) is 9.47 Å². The molecule has 0 saturated carbocycles. The molecule has 0 spiro atoms. The second-order valence-corrected chi connectivity index (χ2v) is 17.8. The zero-order valence-corrected chi connectivity index (χ0v) is 38.7. The van der Waals surface area contributed by atoms with E-state index in [1.54, 1.807) is 25.3 Å². The Morgan fingerprint density at radius 2 is 1.70 bits per heavy atom. The van der Waals surface area contributed by atoms with Gasteiger partial charge in [-0.2, -0.15) is 0 Å². The molecule has 3 N–H and O–H groups in total. The van der Waals surface area contributed by atoms with Crippen LogP contribution in [0.15, 0.2) is 66.2 Å². The zero-order chi connectivity index (χ0) is 43.8. The Morgan fingerprint density at radius 3 is 2.30 bits per heavy atom. The first kappa shape index (κ1) is 48.8. The molecule has 13 heteroatoms. The van der Waals surface area contributed by atoms with Crippen molar-refractivity contribution in [2.24, 2.45) is 17.8 Å². The number of ether oxygens (including phenoxy) is 2.